The molecule has 1 atom stereocenters. The largest absolute Gasteiger partial charge is 0.379 e. The Kier molecular flexibility index (Phi) is 4.94. The third-order valence-electron chi connectivity index (χ3n) is 1.63. The maximum absolute atomic E-state index is 5.94. The molecule has 4 heteroatoms. The fourth-order valence-electron chi connectivity index (χ4n) is 1.00. The average molecular weight is 264 g/mol. The van der Waals surface area contributed by atoms with Crippen LogP contribution in [-0.4, -0.2) is 13.2 Å². The molecule has 0 aliphatic carbocycles. The minimum atomic E-state index is 0.000856. The molecule has 0 fully saturated rings. The zero-order valence-corrected chi connectivity index (χ0v) is 10.0. The summed E-state index contributed by atoms with van der Waals surface area (Å²) in [5.74, 6) is 0. The Balaban J connectivity index is 2.39. The molecule has 0 aliphatic rings. The first-order valence-corrected chi connectivity index (χ1v) is 5.99. The van der Waals surface area contributed by atoms with Crippen molar-refractivity contribution >= 4 is 27.3 Å². The van der Waals surface area contributed by atoms with Gasteiger partial charge in [0, 0.05) is 16.0 Å². The Morgan fingerprint density at radius 1 is 1.69 bits per heavy atom. The Bertz CT molecular complexity index is 252. The predicted octanol–water partition coefficient (Wildman–Crippen LogP) is 2.94. The van der Waals surface area contributed by atoms with Crippen LogP contribution in [0.1, 0.15) is 24.3 Å². The molecule has 2 nitrogen and oxygen atoms in total. The molecule has 0 saturated heterocycles. The van der Waals surface area contributed by atoms with E-state index in [1.54, 1.807) is 11.3 Å². The lowest BCUT2D eigenvalue weighted by atomic mass is 10.3. The molecule has 0 saturated carbocycles. The van der Waals surface area contributed by atoms with E-state index in [0.29, 0.717) is 6.61 Å². The van der Waals surface area contributed by atoms with E-state index in [-0.39, 0.29) is 6.04 Å². The van der Waals surface area contributed by atoms with Gasteiger partial charge in [-0.05, 0) is 33.8 Å². The van der Waals surface area contributed by atoms with Gasteiger partial charge < -0.3 is 10.5 Å². The van der Waals surface area contributed by atoms with Gasteiger partial charge in [0.1, 0.15) is 0 Å². The zero-order valence-electron chi connectivity index (χ0n) is 7.63. The third kappa shape index (κ3) is 3.38. The molecule has 0 bridgehead atoms. The first-order chi connectivity index (χ1) is 6.25. The minimum absolute atomic E-state index is 0.000856. The average Bonchev–Trinajstić information content (AvgIpc) is 2.52. The maximum Gasteiger partial charge on any atom is 0.0667 e. The van der Waals surface area contributed by atoms with Gasteiger partial charge in [-0.15, -0.1) is 11.3 Å². The van der Waals surface area contributed by atoms with Gasteiger partial charge in [0.05, 0.1) is 12.6 Å². The summed E-state index contributed by atoms with van der Waals surface area (Å²) in [5, 5.41) is 2.03. The van der Waals surface area contributed by atoms with Crippen LogP contribution >= 0.6 is 27.3 Å². The molecule has 0 spiro atoms. The highest BCUT2D eigenvalue weighted by molar-refractivity contribution is 9.10. The Labute approximate surface area is 91.2 Å². The van der Waals surface area contributed by atoms with Crippen LogP contribution in [0.3, 0.4) is 0 Å². The van der Waals surface area contributed by atoms with Gasteiger partial charge >= 0.3 is 0 Å². The van der Waals surface area contributed by atoms with E-state index in [9.17, 15) is 0 Å². The molecule has 1 unspecified atom stereocenters. The van der Waals surface area contributed by atoms with E-state index in [4.69, 9.17) is 10.5 Å². The number of ether oxygens (including phenoxy) is 1. The third-order valence-corrected chi connectivity index (χ3v) is 3.63. The van der Waals surface area contributed by atoms with E-state index in [0.717, 1.165) is 22.4 Å². The van der Waals surface area contributed by atoms with Crippen LogP contribution in [0.2, 0.25) is 0 Å². The second-order valence-electron chi connectivity index (χ2n) is 2.81. The number of thiophene rings is 1. The van der Waals surface area contributed by atoms with Crippen LogP contribution in [0.25, 0.3) is 0 Å². The molecule has 0 radical (unpaired) electrons. The summed E-state index contributed by atoms with van der Waals surface area (Å²) in [4.78, 5) is 1.16. The van der Waals surface area contributed by atoms with Crippen LogP contribution in [0, 0.1) is 0 Å². The molecule has 0 aromatic carbocycles. The van der Waals surface area contributed by atoms with Crippen molar-refractivity contribution < 1.29 is 4.74 Å². The van der Waals surface area contributed by atoms with E-state index in [1.807, 2.05) is 11.4 Å². The lowest BCUT2D eigenvalue weighted by molar-refractivity contribution is 0.122. The monoisotopic (exact) mass is 263 g/mol. The van der Waals surface area contributed by atoms with Crippen molar-refractivity contribution in [1.82, 2.24) is 0 Å². The minimum Gasteiger partial charge on any atom is -0.379 e. The van der Waals surface area contributed by atoms with E-state index in [2.05, 4.69) is 22.9 Å². The molecule has 74 valence electrons. The summed E-state index contributed by atoms with van der Waals surface area (Å²) >= 11 is 5.11. The van der Waals surface area contributed by atoms with Gasteiger partial charge in [-0.25, -0.2) is 0 Å². The molecule has 2 N–H and O–H groups in total. The van der Waals surface area contributed by atoms with Crippen molar-refractivity contribution in [2.45, 2.75) is 19.4 Å². The van der Waals surface area contributed by atoms with Gasteiger partial charge in [0.25, 0.3) is 0 Å². The van der Waals surface area contributed by atoms with Gasteiger partial charge in [0.2, 0.25) is 0 Å². The van der Waals surface area contributed by atoms with E-state index >= 15 is 0 Å². The molecule has 1 aromatic heterocycles. The summed E-state index contributed by atoms with van der Waals surface area (Å²) in [5.41, 5.74) is 5.94. The molecule has 0 amide bonds. The first kappa shape index (κ1) is 11.2. The standard InChI is InChI=1S/C9H14BrNOS/c1-2-4-12-6-8(11)9-7(10)3-5-13-9/h3,5,8H,2,4,6,11H2,1H3. The van der Waals surface area contributed by atoms with Gasteiger partial charge in [-0.1, -0.05) is 6.92 Å². The number of hydrogen-bond acceptors (Lipinski definition) is 3. The molecule has 1 heterocycles. The van der Waals surface area contributed by atoms with E-state index in [1.165, 1.54) is 0 Å². The number of rotatable bonds is 5. The van der Waals surface area contributed by atoms with Crippen LogP contribution in [0.5, 0.6) is 0 Å². The van der Waals surface area contributed by atoms with Crippen molar-refractivity contribution in [3.8, 4) is 0 Å². The predicted molar refractivity (Wildman–Crippen MR) is 60.1 cm³/mol. The second-order valence-corrected chi connectivity index (χ2v) is 4.62. The number of hydrogen-bond donors (Lipinski definition) is 1. The highest BCUT2D eigenvalue weighted by Crippen LogP contribution is 2.27. The first-order valence-electron chi connectivity index (χ1n) is 4.32. The molecular weight excluding hydrogens is 250 g/mol. The molecule has 0 aliphatic heterocycles. The summed E-state index contributed by atoms with van der Waals surface area (Å²) in [6.07, 6.45) is 1.04. The summed E-state index contributed by atoms with van der Waals surface area (Å²) in [7, 11) is 0. The molecule has 13 heavy (non-hydrogen) atoms. The van der Waals surface area contributed by atoms with Gasteiger partial charge in [-0.2, -0.15) is 0 Å². The summed E-state index contributed by atoms with van der Waals surface area (Å²) in [6.45, 7) is 3.48. The molecular formula is C9H14BrNOS. The van der Waals surface area contributed by atoms with Gasteiger partial charge in [0.15, 0.2) is 0 Å². The Morgan fingerprint density at radius 2 is 2.46 bits per heavy atom. The van der Waals surface area contributed by atoms with Gasteiger partial charge in [-0.3, -0.25) is 0 Å². The van der Waals surface area contributed by atoms with E-state index < -0.39 is 0 Å². The number of nitrogens with two attached hydrogens (primary N) is 1. The fourth-order valence-corrected chi connectivity index (χ4v) is 2.66. The van der Waals surface area contributed by atoms with Crippen molar-refractivity contribution in [3.63, 3.8) is 0 Å². The zero-order chi connectivity index (χ0) is 9.68. The lowest BCUT2D eigenvalue weighted by Crippen LogP contribution is -2.16. The smallest absolute Gasteiger partial charge is 0.0667 e. The molecule has 1 aromatic rings. The van der Waals surface area contributed by atoms with Crippen LogP contribution in [0.15, 0.2) is 15.9 Å². The fraction of sp³-hybridized carbons (Fsp3) is 0.556. The maximum atomic E-state index is 5.94. The van der Waals surface area contributed by atoms with Crippen molar-refractivity contribution in [3.05, 3.63) is 20.8 Å². The highest BCUT2D eigenvalue weighted by Gasteiger charge is 2.10. The molecule has 1 rings (SSSR count). The van der Waals surface area contributed by atoms with Crippen LogP contribution in [-0.2, 0) is 4.74 Å². The SMILES string of the molecule is CCCOCC(N)c1sccc1Br. The van der Waals surface area contributed by atoms with Crippen LogP contribution in [0.4, 0.5) is 0 Å². The topological polar surface area (TPSA) is 35.2 Å². The Morgan fingerprint density at radius 3 is 3.00 bits per heavy atom. The second kappa shape index (κ2) is 5.75. The summed E-state index contributed by atoms with van der Waals surface area (Å²) in [6, 6.07) is 2.01. The quantitative estimate of drug-likeness (QED) is 0.830. The van der Waals surface area contributed by atoms with Crippen LogP contribution < -0.4 is 5.73 Å². The summed E-state index contributed by atoms with van der Waals surface area (Å²) < 4.78 is 6.47. The Hall–Kier alpha value is 0.100. The highest BCUT2D eigenvalue weighted by atomic mass is 79.9. The lowest BCUT2D eigenvalue weighted by Gasteiger charge is -2.10. The van der Waals surface area contributed by atoms with Crippen molar-refractivity contribution in [2.24, 2.45) is 5.73 Å². The van der Waals surface area contributed by atoms with Crippen molar-refractivity contribution in [2.75, 3.05) is 13.2 Å². The van der Waals surface area contributed by atoms with Crippen molar-refractivity contribution in [1.29, 1.82) is 0 Å². The normalized spacial score (nSPS) is 13.2. The number of halogens is 1.